The number of rotatable bonds is 8. The summed E-state index contributed by atoms with van der Waals surface area (Å²) in [5.41, 5.74) is 2.11. The lowest BCUT2D eigenvalue weighted by atomic mass is 9.74. The molecule has 51 heavy (non-hydrogen) atoms. The van der Waals surface area contributed by atoms with Crippen molar-refractivity contribution in [1.82, 2.24) is 9.88 Å². The smallest absolute Gasteiger partial charge is 0.264 e. The number of fused-ring (bicyclic) bond motifs is 2. The Morgan fingerprint density at radius 2 is 1.51 bits per heavy atom. The summed E-state index contributed by atoms with van der Waals surface area (Å²) in [5, 5.41) is 3.09. The fourth-order valence-electron chi connectivity index (χ4n) is 6.53. The summed E-state index contributed by atoms with van der Waals surface area (Å²) in [6.07, 6.45) is 1.04. The molecule has 3 amide bonds. The van der Waals surface area contributed by atoms with Crippen molar-refractivity contribution in [3.8, 4) is 17.2 Å². The zero-order valence-electron chi connectivity index (χ0n) is 27.2. The molecule has 0 unspecified atom stereocenters. The lowest BCUT2D eigenvalue weighted by molar-refractivity contribution is -0.120. The largest absolute Gasteiger partial charge is 0.484 e. The maximum Gasteiger partial charge on any atom is 0.264 e. The van der Waals surface area contributed by atoms with E-state index in [1.165, 1.54) is 18.2 Å². The molecule has 12 heteroatoms. The van der Waals surface area contributed by atoms with Gasteiger partial charge in [-0.1, -0.05) is 41.4 Å². The van der Waals surface area contributed by atoms with Crippen molar-refractivity contribution in [3.05, 3.63) is 142 Å². The molecular formula is C39H31Cl2FN4O5. The molecule has 1 N–H and O–H groups in total. The van der Waals surface area contributed by atoms with Crippen molar-refractivity contribution in [2.75, 3.05) is 36.5 Å². The molecule has 1 fully saturated rings. The minimum absolute atomic E-state index is 0.0345. The average Bonchev–Trinajstić information content (AvgIpc) is 3.44. The fraction of sp³-hybridized carbons (Fsp3) is 0.179. The molecule has 1 saturated heterocycles. The Morgan fingerprint density at radius 3 is 2.22 bits per heavy atom. The number of ether oxygens (including phenoxy) is 2. The number of halogens is 3. The third-order valence-corrected chi connectivity index (χ3v) is 9.70. The van der Waals surface area contributed by atoms with Crippen LogP contribution in [0.1, 0.15) is 39.1 Å². The van der Waals surface area contributed by atoms with E-state index in [4.69, 9.17) is 32.7 Å². The third-order valence-electron chi connectivity index (χ3n) is 9.21. The van der Waals surface area contributed by atoms with E-state index < -0.39 is 11.2 Å². The van der Waals surface area contributed by atoms with Crippen molar-refractivity contribution >= 4 is 52.3 Å². The van der Waals surface area contributed by atoms with Crippen LogP contribution >= 0.6 is 23.2 Å². The van der Waals surface area contributed by atoms with Crippen molar-refractivity contribution in [3.63, 3.8) is 0 Å². The fourth-order valence-corrected chi connectivity index (χ4v) is 6.96. The first kappa shape index (κ1) is 34.0. The van der Waals surface area contributed by atoms with Gasteiger partial charge in [-0.3, -0.25) is 14.4 Å². The van der Waals surface area contributed by atoms with Gasteiger partial charge in [-0.2, -0.15) is 0 Å². The van der Waals surface area contributed by atoms with Gasteiger partial charge in [-0.15, -0.1) is 0 Å². The first-order valence-electron chi connectivity index (χ1n) is 16.3. The highest BCUT2D eigenvalue weighted by Gasteiger charge is 2.47. The second-order valence-electron chi connectivity index (χ2n) is 12.4. The molecule has 0 aliphatic carbocycles. The molecule has 1 spiro atoms. The second-order valence-corrected chi connectivity index (χ2v) is 13.1. The highest BCUT2D eigenvalue weighted by atomic mass is 35.5. The minimum Gasteiger partial charge on any atom is -0.484 e. The number of carbonyl (C=O) groups excluding carboxylic acids is 3. The maximum atomic E-state index is 14.5. The minimum atomic E-state index is -0.532. The van der Waals surface area contributed by atoms with Gasteiger partial charge in [0.1, 0.15) is 33.4 Å². The van der Waals surface area contributed by atoms with Crippen LogP contribution in [0, 0.1) is 5.82 Å². The lowest BCUT2D eigenvalue weighted by Gasteiger charge is -2.40. The molecule has 0 radical (unpaired) electrons. The lowest BCUT2D eigenvalue weighted by Crippen LogP contribution is -2.48. The third kappa shape index (κ3) is 7.38. The Kier molecular flexibility index (Phi) is 9.62. The van der Waals surface area contributed by atoms with Gasteiger partial charge in [-0.25, -0.2) is 9.37 Å². The van der Waals surface area contributed by atoms with Gasteiger partial charge in [-0.05, 0) is 109 Å². The summed E-state index contributed by atoms with van der Waals surface area (Å²) >= 11 is 12.1. The van der Waals surface area contributed by atoms with Gasteiger partial charge in [0.25, 0.3) is 17.7 Å². The van der Waals surface area contributed by atoms with Crippen LogP contribution in [0.25, 0.3) is 0 Å². The summed E-state index contributed by atoms with van der Waals surface area (Å²) in [6.45, 7) is 0.848. The Balaban J connectivity index is 0.952. The number of aromatic nitrogens is 1. The monoisotopic (exact) mass is 724 g/mol. The standard InChI is InChI=1S/C39H31Cl2FN4O5/c40-34-17-15-31(36(41)44-34)38(49)45-20-18-39(19-21-45)24-46(33-16-8-26(42)22-32(33)39)35(47)23-50-28-11-6-25(7-12-28)37(48)43-27-9-13-30(14-10-27)51-29-4-2-1-3-5-29/h1-17,22H,18-21,23-24H2,(H,43,48). The van der Waals surface area contributed by atoms with Crippen LogP contribution in [0.5, 0.6) is 17.2 Å². The molecule has 7 rings (SSSR count). The summed E-state index contributed by atoms with van der Waals surface area (Å²) in [5.74, 6) is 0.524. The van der Waals surface area contributed by atoms with Crippen LogP contribution in [0.3, 0.4) is 0 Å². The first-order chi connectivity index (χ1) is 24.7. The number of piperidine rings is 1. The number of para-hydroxylation sites is 1. The van der Waals surface area contributed by atoms with Gasteiger partial charge >= 0.3 is 0 Å². The molecule has 0 atom stereocenters. The normalized spacial score (nSPS) is 14.6. The molecular weight excluding hydrogens is 694 g/mol. The molecule has 258 valence electrons. The van der Waals surface area contributed by atoms with Gasteiger partial charge in [0, 0.05) is 42.0 Å². The van der Waals surface area contributed by atoms with Gasteiger partial charge in [0.15, 0.2) is 6.61 Å². The predicted molar refractivity (Wildman–Crippen MR) is 193 cm³/mol. The van der Waals surface area contributed by atoms with Gasteiger partial charge < -0.3 is 24.6 Å². The van der Waals surface area contributed by atoms with E-state index in [9.17, 15) is 18.8 Å². The highest BCUT2D eigenvalue weighted by Crippen LogP contribution is 2.47. The topological polar surface area (TPSA) is 101 Å². The quantitative estimate of drug-likeness (QED) is 0.162. The summed E-state index contributed by atoms with van der Waals surface area (Å²) in [6, 6.07) is 30.5. The van der Waals surface area contributed by atoms with E-state index >= 15 is 0 Å². The molecule has 0 saturated carbocycles. The van der Waals surface area contributed by atoms with Crippen LogP contribution in [0.4, 0.5) is 15.8 Å². The zero-order chi connectivity index (χ0) is 35.5. The molecule has 4 aromatic carbocycles. The number of carbonyl (C=O) groups is 3. The molecule has 2 aliphatic heterocycles. The molecule has 9 nitrogen and oxygen atoms in total. The zero-order valence-corrected chi connectivity index (χ0v) is 28.7. The Bertz CT molecular complexity index is 2090. The van der Waals surface area contributed by atoms with E-state index in [1.807, 2.05) is 30.3 Å². The number of hydrogen-bond acceptors (Lipinski definition) is 6. The number of hydrogen-bond donors (Lipinski definition) is 1. The van der Waals surface area contributed by atoms with E-state index in [2.05, 4.69) is 10.3 Å². The van der Waals surface area contributed by atoms with Crippen LogP contribution in [-0.2, 0) is 10.2 Å². The molecule has 3 heterocycles. The van der Waals surface area contributed by atoms with Crippen LogP contribution in [-0.4, -0.2) is 53.8 Å². The van der Waals surface area contributed by atoms with E-state index in [0.717, 1.165) is 5.56 Å². The average molecular weight is 726 g/mol. The summed E-state index contributed by atoms with van der Waals surface area (Å²) < 4.78 is 26.2. The second kappa shape index (κ2) is 14.4. The van der Waals surface area contributed by atoms with Crippen molar-refractivity contribution in [2.24, 2.45) is 0 Å². The number of nitrogens with zero attached hydrogens (tertiary/aromatic N) is 3. The Morgan fingerprint density at radius 1 is 0.824 bits per heavy atom. The Labute approximate surface area is 303 Å². The summed E-state index contributed by atoms with van der Waals surface area (Å²) in [7, 11) is 0. The number of benzene rings is 4. The van der Waals surface area contributed by atoms with Crippen molar-refractivity contribution in [1.29, 1.82) is 0 Å². The first-order valence-corrected chi connectivity index (χ1v) is 17.0. The number of pyridine rings is 1. The maximum absolute atomic E-state index is 14.5. The number of amides is 3. The van der Waals surface area contributed by atoms with Crippen LogP contribution < -0.4 is 19.7 Å². The molecule has 1 aromatic heterocycles. The molecule has 0 bridgehead atoms. The SMILES string of the molecule is O=C(Nc1ccc(Oc2ccccc2)cc1)c1ccc(OCC(=O)N2CC3(CCN(C(=O)c4ccc(Cl)nc4Cl)CC3)c3cc(F)ccc32)cc1. The summed E-state index contributed by atoms with van der Waals surface area (Å²) in [4.78, 5) is 47.0. The van der Waals surface area contributed by atoms with Crippen molar-refractivity contribution in [2.45, 2.75) is 18.3 Å². The van der Waals surface area contributed by atoms with E-state index in [0.29, 0.717) is 66.7 Å². The van der Waals surface area contributed by atoms with E-state index in [-0.39, 0.29) is 40.2 Å². The number of likely N-dealkylation sites (tertiary alicyclic amines) is 1. The van der Waals surface area contributed by atoms with E-state index in [1.54, 1.807) is 70.5 Å². The highest BCUT2D eigenvalue weighted by molar-refractivity contribution is 6.34. The number of anilines is 2. The van der Waals surface area contributed by atoms with Crippen LogP contribution in [0.2, 0.25) is 10.3 Å². The predicted octanol–water partition coefficient (Wildman–Crippen LogP) is 8.17. The molecule has 5 aromatic rings. The van der Waals surface area contributed by atoms with Crippen molar-refractivity contribution < 1.29 is 28.2 Å². The van der Waals surface area contributed by atoms with Gasteiger partial charge in [0.2, 0.25) is 0 Å². The number of nitrogens with one attached hydrogen (secondary N) is 1. The van der Waals surface area contributed by atoms with Crippen LogP contribution in [0.15, 0.2) is 109 Å². The van der Waals surface area contributed by atoms with Gasteiger partial charge in [0.05, 0.1) is 5.56 Å². The Hall–Kier alpha value is -5.45. The molecule has 2 aliphatic rings.